The average Bonchev–Trinajstić information content (AvgIpc) is 2.85. The summed E-state index contributed by atoms with van der Waals surface area (Å²) in [7, 11) is -7.27. The van der Waals surface area contributed by atoms with E-state index in [-0.39, 0.29) is 15.4 Å². The quantitative estimate of drug-likeness (QED) is 0.660. The zero-order chi connectivity index (χ0) is 23.5. The lowest BCUT2D eigenvalue weighted by atomic mass is 10.2. The van der Waals surface area contributed by atoms with Crippen LogP contribution in [0, 0.1) is 0 Å². The van der Waals surface area contributed by atoms with Crippen molar-refractivity contribution in [1.29, 1.82) is 0 Å². The third-order valence-electron chi connectivity index (χ3n) is 5.77. The predicted molar refractivity (Wildman–Crippen MR) is 123 cm³/mol. The van der Waals surface area contributed by atoms with E-state index in [0.29, 0.717) is 45.1 Å². The van der Waals surface area contributed by atoms with Gasteiger partial charge in [0.15, 0.2) is 0 Å². The van der Waals surface area contributed by atoms with Gasteiger partial charge in [0.05, 0.1) is 23.0 Å². The number of sulfonamides is 2. The smallest absolute Gasteiger partial charge is 0.255 e. The van der Waals surface area contributed by atoms with Gasteiger partial charge < -0.3 is 10.1 Å². The molecule has 2 saturated heterocycles. The molecular formula is C22H27N3O6S2. The van der Waals surface area contributed by atoms with Crippen LogP contribution >= 0.6 is 0 Å². The topological polar surface area (TPSA) is 113 Å². The van der Waals surface area contributed by atoms with E-state index in [4.69, 9.17) is 4.74 Å². The molecule has 1 N–H and O–H groups in total. The van der Waals surface area contributed by atoms with Crippen molar-refractivity contribution in [2.24, 2.45) is 0 Å². The van der Waals surface area contributed by atoms with Crippen LogP contribution in [0.2, 0.25) is 0 Å². The summed E-state index contributed by atoms with van der Waals surface area (Å²) in [5, 5.41) is 2.70. The van der Waals surface area contributed by atoms with Crippen LogP contribution in [0.1, 0.15) is 29.6 Å². The fourth-order valence-electron chi connectivity index (χ4n) is 3.90. The molecule has 2 aromatic carbocycles. The zero-order valence-corrected chi connectivity index (χ0v) is 19.8. The van der Waals surface area contributed by atoms with E-state index in [9.17, 15) is 21.6 Å². The van der Waals surface area contributed by atoms with Crippen molar-refractivity contribution in [2.75, 3.05) is 44.7 Å². The summed E-state index contributed by atoms with van der Waals surface area (Å²) in [6.07, 6.45) is 2.67. The standard InChI is InChI=1S/C22H27N3O6S2/c26-22(18-5-4-6-21(17-18)33(29,30)24-11-2-1-3-12-24)23-19-7-9-20(10-8-19)32(27,28)25-13-15-31-16-14-25/h4-10,17H,1-3,11-16H2,(H,23,26). The number of carbonyl (C=O) groups is 1. The fraction of sp³-hybridized carbons (Fsp3) is 0.409. The number of amides is 1. The van der Waals surface area contributed by atoms with Crippen molar-refractivity contribution in [3.63, 3.8) is 0 Å². The largest absolute Gasteiger partial charge is 0.379 e. The molecule has 0 spiro atoms. The Bertz CT molecular complexity index is 1200. The fourth-order valence-corrected chi connectivity index (χ4v) is 6.87. The van der Waals surface area contributed by atoms with Crippen molar-refractivity contribution in [2.45, 2.75) is 29.1 Å². The van der Waals surface area contributed by atoms with Crippen LogP contribution in [-0.4, -0.2) is 70.7 Å². The first kappa shape index (κ1) is 23.8. The Kier molecular flexibility index (Phi) is 7.15. The van der Waals surface area contributed by atoms with Gasteiger partial charge in [0.1, 0.15) is 0 Å². The molecule has 0 saturated carbocycles. The van der Waals surface area contributed by atoms with Gasteiger partial charge in [0.2, 0.25) is 20.0 Å². The number of nitrogens with zero attached hydrogens (tertiary/aromatic N) is 2. The van der Waals surface area contributed by atoms with Gasteiger partial charge in [-0.1, -0.05) is 12.5 Å². The normalized spacial score (nSPS) is 18.7. The first-order valence-corrected chi connectivity index (χ1v) is 13.8. The summed E-state index contributed by atoms with van der Waals surface area (Å²) >= 11 is 0. The van der Waals surface area contributed by atoms with Crippen molar-refractivity contribution < 1.29 is 26.4 Å². The Morgan fingerprint density at radius 2 is 1.36 bits per heavy atom. The molecule has 0 atom stereocenters. The third-order valence-corrected chi connectivity index (χ3v) is 9.58. The maximum absolute atomic E-state index is 12.9. The molecule has 4 rings (SSSR count). The summed E-state index contributed by atoms with van der Waals surface area (Å²) in [6.45, 7) is 2.30. The first-order valence-electron chi connectivity index (χ1n) is 10.9. The van der Waals surface area contributed by atoms with Gasteiger partial charge in [-0.25, -0.2) is 16.8 Å². The summed E-state index contributed by atoms with van der Waals surface area (Å²) in [5.74, 6) is -0.477. The molecule has 9 nitrogen and oxygen atoms in total. The average molecular weight is 494 g/mol. The van der Waals surface area contributed by atoms with E-state index in [1.807, 2.05) is 0 Å². The van der Waals surface area contributed by atoms with Gasteiger partial charge in [0, 0.05) is 37.4 Å². The van der Waals surface area contributed by atoms with Gasteiger partial charge in [-0.05, 0) is 55.3 Å². The molecule has 2 aromatic rings. The highest BCUT2D eigenvalue weighted by molar-refractivity contribution is 7.89. The Hall–Kier alpha value is -2.31. The highest BCUT2D eigenvalue weighted by Gasteiger charge is 2.27. The van der Waals surface area contributed by atoms with Crippen molar-refractivity contribution in [1.82, 2.24) is 8.61 Å². The van der Waals surface area contributed by atoms with E-state index < -0.39 is 26.0 Å². The second-order valence-corrected chi connectivity index (χ2v) is 11.9. The highest BCUT2D eigenvalue weighted by atomic mass is 32.2. The van der Waals surface area contributed by atoms with Crippen LogP contribution in [0.4, 0.5) is 5.69 Å². The summed E-state index contributed by atoms with van der Waals surface area (Å²) < 4.78 is 59.3. The molecular weight excluding hydrogens is 466 g/mol. The van der Waals surface area contributed by atoms with Crippen LogP contribution in [0.3, 0.4) is 0 Å². The van der Waals surface area contributed by atoms with E-state index >= 15 is 0 Å². The number of piperidine rings is 1. The molecule has 2 heterocycles. The second kappa shape index (κ2) is 9.90. The second-order valence-electron chi connectivity index (χ2n) is 7.99. The van der Waals surface area contributed by atoms with Gasteiger partial charge in [0.25, 0.3) is 5.91 Å². The van der Waals surface area contributed by atoms with E-state index in [2.05, 4.69) is 5.32 Å². The number of hydrogen-bond acceptors (Lipinski definition) is 6. The molecule has 2 aliphatic heterocycles. The van der Waals surface area contributed by atoms with E-state index in [0.717, 1.165) is 19.3 Å². The van der Waals surface area contributed by atoms with E-state index in [1.165, 1.54) is 45.0 Å². The van der Waals surface area contributed by atoms with Crippen LogP contribution in [0.25, 0.3) is 0 Å². The molecule has 2 aliphatic rings. The van der Waals surface area contributed by atoms with Crippen molar-refractivity contribution >= 4 is 31.6 Å². The van der Waals surface area contributed by atoms with Gasteiger partial charge in [-0.2, -0.15) is 8.61 Å². The minimum absolute atomic E-state index is 0.0870. The Balaban J connectivity index is 1.47. The maximum Gasteiger partial charge on any atom is 0.255 e. The van der Waals surface area contributed by atoms with Gasteiger partial charge in [-0.15, -0.1) is 0 Å². The summed E-state index contributed by atoms with van der Waals surface area (Å²) in [5.41, 5.74) is 0.614. The number of rotatable bonds is 6. The molecule has 0 unspecified atom stereocenters. The summed E-state index contributed by atoms with van der Waals surface area (Å²) in [4.78, 5) is 13.0. The number of ether oxygens (including phenoxy) is 1. The number of nitrogens with one attached hydrogen (secondary N) is 1. The molecule has 11 heteroatoms. The monoisotopic (exact) mass is 493 g/mol. The molecule has 0 bridgehead atoms. The Morgan fingerprint density at radius 1 is 0.758 bits per heavy atom. The minimum Gasteiger partial charge on any atom is -0.379 e. The first-order chi connectivity index (χ1) is 15.8. The molecule has 33 heavy (non-hydrogen) atoms. The lowest BCUT2D eigenvalue weighted by Gasteiger charge is -2.26. The predicted octanol–water partition coefficient (Wildman–Crippen LogP) is 2.13. The molecule has 2 fully saturated rings. The molecule has 0 aromatic heterocycles. The Morgan fingerprint density at radius 3 is 2.03 bits per heavy atom. The Labute approximate surface area is 194 Å². The van der Waals surface area contributed by atoms with Gasteiger partial charge in [-0.3, -0.25) is 4.79 Å². The van der Waals surface area contributed by atoms with Crippen molar-refractivity contribution in [3.05, 3.63) is 54.1 Å². The number of benzene rings is 2. The minimum atomic E-state index is -3.65. The zero-order valence-electron chi connectivity index (χ0n) is 18.1. The lowest BCUT2D eigenvalue weighted by molar-refractivity contribution is 0.0730. The molecule has 0 aliphatic carbocycles. The highest BCUT2D eigenvalue weighted by Crippen LogP contribution is 2.23. The molecule has 1 amide bonds. The number of hydrogen-bond donors (Lipinski definition) is 1. The van der Waals surface area contributed by atoms with Crippen LogP contribution in [-0.2, 0) is 24.8 Å². The lowest BCUT2D eigenvalue weighted by Crippen LogP contribution is -2.40. The van der Waals surface area contributed by atoms with Crippen LogP contribution in [0.5, 0.6) is 0 Å². The van der Waals surface area contributed by atoms with Crippen LogP contribution < -0.4 is 5.32 Å². The van der Waals surface area contributed by atoms with E-state index in [1.54, 1.807) is 12.1 Å². The summed E-state index contributed by atoms with van der Waals surface area (Å²) in [6, 6.07) is 11.9. The van der Waals surface area contributed by atoms with Crippen molar-refractivity contribution in [3.8, 4) is 0 Å². The number of morpholine rings is 1. The maximum atomic E-state index is 12.9. The third kappa shape index (κ3) is 5.28. The van der Waals surface area contributed by atoms with Gasteiger partial charge >= 0.3 is 0 Å². The number of carbonyl (C=O) groups excluding carboxylic acids is 1. The number of anilines is 1. The molecule has 0 radical (unpaired) electrons. The SMILES string of the molecule is O=C(Nc1ccc(S(=O)(=O)N2CCOCC2)cc1)c1cccc(S(=O)(=O)N2CCCCC2)c1. The van der Waals surface area contributed by atoms with Crippen LogP contribution in [0.15, 0.2) is 58.3 Å². The molecule has 178 valence electrons.